The van der Waals surface area contributed by atoms with E-state index in [4.69, 9.17) is 4.98 Å². The Bertz CT molecular complexity index is 606. The lowest BCUT2D eigenvalue weighted by Crippen LogP contribution is -2.34. The average Bonchev–Trinajstić information content (AvgIpc) is 2.61. The quantitative estimate of drug-likeness (QED) is 0.842. The number of hydrogen-bond acceptors (Lipinski definition) is 4. The zero-order valence-electron chi connectivity index (χ0n) is 14.2. The van der Waals surface area contributed by atoms with Gasteiger partial charge in [-0.25, -0.2) is 4.98 Å². The van der Waals surface area contributed by atoms with Gasteiger partial charge in [-0.1, -0.05) is 37.3 Å². The zero-order valence-corrected chi connectivity index (χ0v) is 14.2. The molecular formula is C19H26N4. The third-order valence-corrected chi connectivity index (χ3v) is 4.62. The van der Waals surface area contributed by atoms with Crippen molar-refractivity contribution in [1.29, 1.82) is 0 Å². The van der Waals surface area contributed by atoms with E-state index in [1.807, 2.05) is 18.3 Å². The molecule has 0 unspecified atom stereocenters. The maximum Gasteiger partial charge on any atom is 0.227 e. The van der Waals surface area contributed by atoms with Crippen molar-refractivity contribution in [1.82, 2.24) is 9.97 Å². The maximum absolute atomic E-state index is 4.83. The number of benzene rings is 1. The van der Waals surface area contributed by atoms with Gasteiger partial charge in [0.15, 0.2) is 0 Å². The lowest BCUT2D eigenvalue weighted by Gasteiger charge is -2.31. The minimum absolute atomic E-state index is 0.826. The molecular weight excluding hydrogens is 284 g/mol. The van der Waals surface area contributed by atoms with Gasteiger partial charge in [-0.05, 0) is 37.3 Å². The molecule has 0 amide bonds. The molecule has 4 heteroatoms. The van der Waals surface area contributed by atoms with E-state index in [1.165, 1.54) is 18.4 Å². The van der Waals surface area contributed by atoms with Gasteiger partial charge in [-0.2, -0.15) is 4.98 Å². The molecule has 1 aromatic heterocycles. The Balaban J connectivity index is 1.74. The van der Waals surface area contributed by atoms with Crippen molar-refractivity contribution in [2.45, 2.75) is 33.2 Å². The SMILES string of the molecule is CCN(Cc1ccccc1)c1nccc(N2CCC(C)CC2)n1. The van der Waals surface area contributed by atoms with Crippen molar-refractivity contribution in [3.05, 3.63) is 48.2 Å². The minimum Gasteiger partial charge on any atom is -0.356 e. The van der Waals surface area contributed by atoms with Crippen LogP contribution in [-0.2, 0) is 6.54 Å². The van der Waals surface area contributed by atoms with Crippen LogP contribution >= 0.6 is 0 Å². The van der Waals surface area contributed by atoms with Crippen molar-refractivity contribution in [2.24, 2.45) is 5.92 Å². The van der Waals surface area contributed by atoms with E-state index in [1.54, 1.807) is 0 Å². The lowest BCUT2D eigenvalue weighted by atomic mass is 9.99. The molecule has 1 saturated heterocycles. The fourth-order valence-corrected chi connectivity index (χ4v) is 3.03. The van der Waals surface area contributed by atoms with E-state index in [0.717, 1.165) is 43.9 Å². The summed E-state index contributed by atoms with van der Waals surface area (Å²) in [6.07, 6.45) is 4.39. The van der Waals surface area contributed by atoms with Crippen LogP contribution in [0.15, 0.2) is 42.6 Å². The molecule has 0 aliphatic carbocycles. The van der Waals surface area contributed by atoms with Gasteiger partial charge in [-0.15, -0.1) is 0 Å². The van der Waals surface area contributed by atoms with Crippen molar-refractivity contribution in [3.63, 3.8) is 0 Å². The van der Waals surface area contributed by atoms with Crippen molar-refractivity contribution < 1.29 is 0 Å². The van der Waals surface area contributed by atoms with Gasteiger partial charge in [0.1, 0.15) is 5.82 Å². The maximum atomic E-state index is 4.83. The van der Waals surface area contributed by atoms with E-state index in [0.29, 0.717) is 0 Å². The summed E-state index contributed by atoms with van der Waals surface area (Å²) in [6.45, 7) is 8.43. The lowest BCUT2D eigenvalue weighted by molar-refractivity contribution is 0.436. The Hall–Kier alpha value is -2.10. The number of hydrogen-bond donors (Lipinski definition) is 0. The van der Waals surface area contributed by atoms with Crippen LogP contribution < -0.4 is 9.80 Å². The molecule has 0 bridgehead atoms. The molecule has 0 radical (unpaired) electrons. The first-order valence-electron chi connectivity index (χ1n) is 8.63. The van der Waals surface area contributed by atoms with E-state index < -0.39 is 0 Å². The number of aromatic nitrogens is 2. The van der Waals surface area contributed by atoms with Gasteiger partial charge in [0.05, 0.1) is 0 Å². The van der Waals surface area contributed by atoms with Gasteiger partial charge in [0.2, 0.25) is 5.95 Å². The fraction of sp³-hybridized carbons (Fsp3) is 0.474. The van der Waals surface area contributed by atoms with Gasteiger partial charge in [0.25, 0.3) is 0 Å². The predicted octanol–water partition coefficient (Wildman–Crippen LogP) is 3.74. The van der Waals surface area contributed by atoms with Crippen molar-refractivity contribution in [2.75, 3.05) is 29.4 Å². The topological polar surface area (TPSA) is 32.3 Å². The number of rotatable bonds is 5. The first kappa shape index (κ1) is 15.8. The normalized spacial score (nSPS) is 15.7. The monoisotopic (exact) mass is 310 g/mol. The highest BCUT2D eigenvalue weighted by Crippen LogP contribution is 2.23. The van der Waals surface area contributed by atoms with Gasteiger partial charge in [-0.3, -0.25) is 0 Å². The van der Waals surface area contributed by atoms with Crippen LogP contribution in [0.1, 0.15) is 32.3 Å². The van der Waals surface area contributed by atoms with Crippen LogP contribution in [0.3, 0.4) is 0 Å². The molecule has 1 fully saturated rings. The smallest absolute Gasteiger partial charge is 0.227 e. The summed E-state index contributed by atoms with van der Waals surface area (Å²) in [6, 6.07) is 12.5. The average molecular weight is 310 g/mol. The predicted molar refractivity (Wildman–Crippen MR) is 95.8 cm³/mol. The molecule has 2 aromatic rings. The second-order valence-electron chi connectivity index (χ2n) is 6.38. The summed E-state index contributed by atoms with van der Waals surface area (Å²) in [7, 11) is 0. The highest BCUT2D eigenvalue weighted by molar-refractivity contribution is 5.44. The van der Waals surface area contributed by atoms with Crippen LogP contribution in [0.2, 0.25) is 0 Å². The minimum atomic E-state index is 0.826. The Labute approximate surface area is 139 Å². The molecule has 0 N–H and O–H groups in total. The summed E-state index contributed by atoms with van der Waals surface area (Å²) in [5, 5.41) is 0. The van der Waals surface area contributed by atoms with Crippen LogP contribution in [-0.4, -0.2) is 29.6 Å². The molecule has 4 nitrogen and oxygen atoms in total. The summed E-state index contributed by atoms with van der Waals surface area (Å²) in [5.74, 6) is 2.72. The Morgan fingerprint density at radius 2 is 1.87 bits per heavy atom. The summed E-state index contributed by atoms with van der Waals surface area (Å²) >= 11 is 0. The summed E-state index contributed by atoms with van der Waals surface area (Å²) in [4.78, 5) is 14.0. The Morgan fingerprint density at radius 3 is 2.57 bits per heavy atom. The molecule has 0 spiro atoms. The van der Waals surface area contributed by atoms with Crippen LogP contribution in [0.5, 0.6) is 0 Å². The highest BCUT2D eigenvalue weighted by Gasteiger charge is 2.18. The molecule has 122 valence electrons. The largest absolute Gasteiger partial charge is 0.356 e. The number of piperidine rings is 1. The Morgan fingerprint density at radius 1 is 1.13 bits per heavy atom. The second-order valence-corrected chi connectivity index (χ2v) is 6.38. The molecule has 0 saturated carbocycles. The zero-order chi connectivity index (χ0) is 16.1. The molecule has 1 aliphatic heterocycles. The first-order valence-corrected chi connectivity index (χ1v) is 8.63. The number of nitrogens with zero attached hydrogens (tertiary/aromatic N) is 4. The molecule has 1 aromatic carbocycles. The summed E-state index contributed by atoms with van der Waals surface area (Å²) in [5.41, 5.74) is 1.29. The van der Waals surface area contributed by atoms with E-state index in [2.05, 4.69) is 52.9 Å². The standard InChI is InChI=1S/C19H26N4/c1-3-22(15-17-7-5-4-6-8-17)19-20-12-9-18(21-19)23-13-10-16(2)11-14-23/h4-9,12,16H,3,10-11,13-15H2,1-2H3. The Kier molecular flexibility index (Phi) is 5.11. The number of anilines is 2. The molecule has 0 atom stereocenters. The van der Waals surface area contributed by atoms with Gasteiger partial charge in [0, 0.05) is 32.4 Å². The van der Waals surface area contributed by atoms with Gasteiger partial charge < -0.3 is 9.80 Å². The second kappa shape index (κ2) is 7.44. The third kappa shape index (κ3) is 4.01. The van der Waals surface area contributed by atoms with Crippen molar-refractivity contribution in [3.8, 4) is 0 Å². The van der Waals surface area contributed by atoms with Crippen LogP contribution in [0, 0.1) is 5.92 Å². The summed E-state index contributed by atoms with van der Waals surface area (Å²) < 4.78 is 0. The fourth-order valence-electron chi connectivity index (χ4n) is 3.03. The van der Waals surface area contributed by atoms with E-state index >= 15 is 0 Å². The van der Waals surface area contributed by atoms with Gasteiger partial charge >= 0.3 is 0 Å². The molecule has 23 heavy (non-hydrogen) atoms. The van der Waals surface area contributed by atoms with Crippen LogP contribution in [0.4, 0.5) is 11.8 Å². The molecule has 2 heterocycles. The molecule has 1 aliphatic rings. The van der Waals surface area contributed by atoms with Crippen LogP contribution in [0.25, 0.3) is 0 Å². The first-order chi connectivity index (χ1) is 11.3. The molecule has 3 rings (SSSR count). The third-order valence-electron chi connectivity index (χ3n) is 4.62. The van der Waals surface area contributed by atoms with Crippen molar-refractivity contribution >= 4 is 11.8 Å². The van der Waals surface area contributed by atoms with E-state index in [9.17, 15) is 0 Å². The highest BCUT2D eigenvalue weighted by atomic mass is 15.3. The van der Waals surface area contributed by atoms with E-state index in [-0.39, 0.29) is 0 Å².